The lowest BCUT2D eigenvalue weighted by Crippen LogP contribution is -2.38. The van der Waals surface area contributed by atoms with E-state index in [0.717, 1.165) is 43.9 Å². The van der Waals surface area contributed by atoms with Gasteiger partial charge in [-0.15, -0.1) is 0 Å². The molecule has 2 heterocycles. The average Bonchev–Trinajstić information content (AvgIpc) is 3.26. The van der Waals surface area contributed by atoms with Crippen molar-refractivity contribution in [1.29, 1.82) is 0 Å². The number of rotatable bonds is 4. The van der Waals surface area contributed by atoms with Gasteiger partial charge in [0.25, 0.3) is 0 Å². The molecule has 2 fully saturated rings. The highest BCUT2D eigenvalue weighted by molar-refractivity contribution is 5.90. The molecule has 6 nitrogen and oxygen atoms in total. The highest BCUT2D eigenvalue weighted by Gasteiger charge is 2.31. The zero-order chi connectivity index (χ0) is 18.0. The molecule has 2 saturated heterocycles. The minimum Gasteiger partial charge on any atom is -0.369 e. The molecule has 0 spiro atoms. The van der Waals surface area contributed by atoms with Gasteiger partial charge in [-0.1, -0.05) is 12.1 Å². The van der Waals surface area contributed by atoms with Crippen molar-refractivity contribution in [3.05, 3.63) is 29.8 Å². The van der Waals surface area contributed by atoms with Crippen LogP contribution in [0.3, 0.4) is 0 Å². The Morgan fingerprint density at radius 2 is 1.76 bits per heavy atom. The van der Waals surface area contributed by atoms with E-state index in [1.165, 1.54) is 12.8 Å². The summed E-state index contributed by atoms with van der Waals surface area (Å²) in [6.07, 6.45) is 3.60. The number of likely N-dealkylation sites (tertiary alicyclic amines) is 2. The standard InChI is InChI=1S/C19H28N4O2/c1-19(2,17(20)24)14-5-7-15(8-6-14)21-18(25)23-12-9-16(13-23)22-10-3-4-11-22/h5-8,16H,3-4,9-13H2,1-2H3,(H2,20,24)(H,21,25)/t16-/m0/s1. The lowest BCUT2D eigenvalue weighted by atomic mass is 9.84. The molecule has 25 heavy (non-hydrogen) atoms. The third kappa shape index (κ3) is 3.79. The third-order valence-corrected chi connectivity index (χ3v) is 5.58. The maximum atomic E-state index is 12.5. The van der Waals surface area contributed by atoms with Gasteiger partial charge >= 0.3 is 6.03 Å². The minimum atomic E-state index is -0.722. The van der Waals surface area contributed by atoms with E-state index in [2.05, 4.69) is 10.2 Å². The van der Waals surface area contributed by atoms with Crippen LogP contribution in [0, 0.1) is 0 Å². The lowest BCUT2D eigenvalue weighted by Gasteiger charge is -2.24. The molecule has 0 saturated carbocycles. The van der Waals surface area contributed by atoms with Crippen molar-refractivity contribution in [3.8, 4) is 0 Å². The Morgan fingerprint density at radius 3 is 2.36 bits per heavy atom. The first kappa shape index (κ1) is 17.7. The van der Waals surface area contributed by atoms with Crippen LogP contribution in [0.15, 0.2) is 24.3 Å². The first-order valence-corrected chi connectivity index (χ1v) is 9.08. The Kier molecular flexibility index (Phi) is 4.99. The topological polar surface area (TPSA) is 78.7 Å². The molecule has 0 radical (unpaired) electrons. The Hall–Kier alpha value is -2.08. The summed E-state index contributed by atoms with van der Waals surface area (Å²) in [5.74, 6) is -0.366. The van der Waals surface area contributed by atoms with Crippen LogP contribution in [0.2, 0.25) is 0 Å². The van der Waals surface area contributed by atoms with E-state index in [9.17, 15) is 9.59 Å². The van der Waals surface area contributed by atoms with Gasteiger partial charge in [-0.2, -0.15) is 0 Å². The molecule has 1 atom stereocenters. The second kappa shape index (κ2) is 7.04. The highest BCUT2D eigenvalue weighted by atomic mass is 16.2. The summed E-state index contributed by atoms with van der Waals surface area (Å²) < 4.78 is 0. The van der Waals surface area contributed by atoms with Crippen LogP contribution >= 0.6 is 0 Å². The molecular formula is C19H28N4O2. The number of hydrogen-bond acceptors (Lipinski definition) is 3. The van der Waals surface area contributed by atoms with Gasteiger partial charge in [0, 0.05) is 24.8 Å². The van der Waals surface area contributed by atoms with Gasteiger partial charge in [0.1, 0.15) is 0 Å². The number of urea groups is 1. The SMILES string of the molecule is CC(C)(C(N)=O)c1ccc(NC(=O)N2CC[C@H](N3CCCC3)C2)cc1. The predicted octanol–water partition coefficient (Wildman–Crippen LogP) is 2.15. The van der Waals surface area contributed by atoms with E-state index < -0.39 is 5.41 Å². The Morgan fingerprint density at radius 1 is 1.12 bits per heavy atom. The van der Waals surface area contributed by atoms with E-state index in [4.69, 9.17) is 5.73 Å². The summed E-state index contributed by atoms with van der Waals surface area (Å²) in [7, 11) is 0. The Bertz CT molecular complexity index is 635. The number of primary amides is 1. The molecule has 0 aliphatic carbocycles. The lowest BCUT2D eigenvalue weighted by molar-refractivity contribution is -0.122. The molecule has 1 aromatic rings. The fourth-order valence-corrected chi connectivity index (χ4v) is 3.65. The van der Waals surface area contributed by atoms with Gasteiger partial charge in [0.2, 0.25) is 5.91 Å². The van der Waals surface area contributed by atoms with E-state index in [1.54, 1.807) is 13.8 Å². The first-order valence-electron chi connectivity index (χ1n) is 9.08. The van der Waals surface area contributed by atoms with E-state index in [-0.39, 0.29) is 11.9 Å². The molecule has 3 N–H and O–H groups in total. The van der Waals surface area contributed by atoms with Crippen LogP contribution in [0.25, 0.3) is 0 Å². The summed E-state index contributed by atoms with van der Waals surface area (Å²) >= 11 is 0. The number of carbonyl (C=O) groups is 2. The van der Waals surface area contributed by atoms with Crippen LogP contribution in [0.5, 0.6) is 0 Å². The van der Waals surface area contributed by atoms with E-state index >= 15 is 0 Å². The quantitative estimate of drug-likeness (QED) is 0.878. The van der Waals surface area contributed by atoms with Crippen LogP contribution in [0.1, 0.15) is 38.7 Å². The second-order valence-electron chi connectivity index (χ2n) is 7.63. The summed E-state index contributed by atoms with van der Waals surface area (Å²) in [5.41, 5.74) is 6.30. The van der Waals surface area contributed by atoms with Crippen molar-refractivity contribution in [1.82, 2.24) is 9.80 Å². The van der Waals surface area contributed by atoms with Crippen molar-refractivity contribution in [2.75, 3.05) is 31.5 Å². The van der Waals surface area contributed by atoms with Crippen molar-refractivity contribution in [2.45, 2.75) is 44.6 Å². The number of amides is 3. The van der Waals surface area contributed by atoms with E-state index in [1.807, 2.05) is 29.2 Å². The summed E-state index contributed by atoms with van der Waals surface area (Å²) in [6.45, 7) is 7.53. The number of nitrogens with zero attached hydrogens (tertiary/aromatic N) is 2. The molecule has 3 rings (SSSR count). The summed E-state index contributed by atoms with van der Waals surface area (Å²) in [5, 5.41) is 2.96. The van der Waals surface area contributed by atoms with Gasteiger partial charge in [0.05, 0.1) is 5.41 Å². The zero-order valence-electron chi connectivity index (χ0n) is 15.1. The number of nitrogens with one attached hydrogen (secondary N) is 1. The maximum Gasteiger partial charge on any atom is 0.321 e. The number of benzene rings is 1. The Balaban J connectivity index is 1.57. The first-order chi connectivity index (χ1) is 11.9. The van der Waals surface area contributed by atoms with Crippen LogP contribution in [0.4, 0.5) is 10.5 Å². The van der Waals surface area contributed by atoms with Crippen LogP contribution in [-0.4, -0.2) is 54.0 Å². The van der Waals surface area contributed by atoms with Gasteiger partial charge in [-0.3, -0.25) is 9.69 Å². The molecule has 1 aromatic carbocycles. The van der Waals surface area contributed by atoms with Crippen LogP contribution in [-0.2, 0) is 10.2 Å². The van der Waals surface area contributed by atoms with Gasteiger partial charge in [0.15, 0.2) is 0 Å². The second-order valence-corrected chi connectivity index (χ2v) is 7.63. The summed E-state index contributed by atoms with van der Waals surface area (Å²) in [6, 6.07) is 7.79. The fourth-order valence-electron chi connectivity index (χ4n) is 3.65. The molecule has 0 bridgehead atoms. The zero-order valence-corrected chi connectivity index (χ0v) is 15.1. The molecule has 0 aromatic heterocycles. The summed E-state index contributed by atoms with van der Waals surface area (Å²) in [4.78, 5) is 28.4. The molecule has 0 unspecified atom stereocenters. The van der Waals surface area contributed by atoms with Crippen LogP contribution < -0.4 is 11.1 Å². The molecule has 2 aliphatic rings. The normalized spacial score (nSPS) is 21.5. The molecular weight excluding hydrogens is 316 g/mol. The third-order valence-electron chi connectivity index (χ3n) is 5.58. The van der Waals surface area contributed by atoms with Crippen molar-refractivity contribution in [3.63, 3.8) is 0 Å². The molecule has 6 heteroatoms. The fraction of sp³-hybridized carbons (Fsp3) is 0.579. The van der Waals surface area contributed by atoms with Crippen molar-refractivity contribution in [2.24, 2.45) is 5.73 Å². The Labute approximate surface area is 149 Å². The number of hydrogen-bond donors (Lipinski definition) is 2. The average molecular weight is 344 g/mol. The van der Waals surface area contributed by atoms with Gasteiger partial charge in [-0.25, -0.2) is 4.79 Å². The monoisotopic (exact) mass is 344 g/mol. The largest absolute Gasteiger partial charge is 0.369 e. The molecule has 136 valence electrons. The van der Waals surface area contributed by atoms with Crippen molar-refractivity contribution < 1.29 is 9.59 Å². The maximum absolute atomic E-state index is 12.5. The highest BCUT2D eigenvalue weighted by Crippen LogP contribution is 2.25. The van der Waals surface area contributed by atoms with E-state index in [0.29, 0.717) is 6.04 Å². The minimum absolute atomic E-state index is 0.0522. The van der Waals surface area contributed by atoms with Gasteiger partial charge < -0.3 is 16.0 Å². The number of nitrogens with two attached hydrogens (primary N) is 1. The van der Waals surface area contributed by atoms with Crippen molar-refractivity contribution >= 4 is 17.6 Å². The molecule has 2 aliphatic heterocycles. The smallest absolute Gasteiger partial charge is 0.321 e. The predicted molar refractivity (Wildman–Crippen MR) is 98.5 cm³/mol. The van der Waals surface area contributed by atoms with Gasteiger partial charge in [-0.05, 0) is 63.9 Å². The number of anilines is 1. The molecule has 3 amide bonds. The number of carbonyl (C=O) groups excluding carboxylic acids is 2.